The van der Waals surface area contributed by atoms with Crippen LogP contribution in [0, 0.1) is 0 Å². The Balaban J connectivity index is 1.97. The summed E-state index contributed by atoms with van der Waals surface area (Å²) in [5.41, 5.74) is 3.37. The van der Waals surface area contributed by atoms with E-state index in [9.17, 15) is 4.79 Å². The first-order chi connectivity index (χ1) is 13.9. The molecule has 1 N–H and O–H groups in total. The van der Waals surface area contributed by atoms with Crippen molar-refractivity contribution in [1.29, 1.82) is 0 Å². The molecule has 5 nitrogen and oxygen atoms in total. The largest absolute Gasteiger partial charge is 0.493 e. The van der Waals surface area contributed by atoms with Crippen molar-refractivity contribution in [2.45, 2.75) is 45.2 Å². The summed E-state index contributed by atoms with van der Waals surface area (Å²) < 4.78 is 11.1. The first-order valence-corrected chi connectivity index (χ1v) is 10.2. The molecule has 1 aliphatic heterocycles. The monoisotopic (exact) mass is 396 g/mol. The average Bonchev–Trinajstić information content (AvgIpc) is 2.72. The van der Waals surface area contributed by atoms with Crippen LogP contribution < -0.4 is 14.8 Å². The molecule has 1 aliphatic rings. The minimum Gasteiger partial charge on any atom is -0.493 e. The van der Waals surface area contributed by atoms with Gasteiger partial charge in [-0.3, -0.25) is 9.69 Å². The fraction of sp³-hybridized carbons (Fsp3) is 0.458. The van der Waals surface area contributed by atoms with E-state index in [-0.39, 0.29) is 17.5 Å². The smallest absolute Gasteiger partial charge is 0.234 e. The molecule has 5 heteroatoms. The van der Waals surface area contributed by atoms with Gasteiger partial charge in [0.05, 0.1) is 26.8 Å². The fourth-order valence-corrected chi connectivity index (χ4v) is 3.88. The number of rotatable bonds is 7. The van der Waals surface area contributed by atoms with Crippen molar-refractivity contribution in [2.75, 3.05) is 27.3 Å². The molecule has 0 bridgehead atoms. The average molecular weight is 397 g/mol. The highest BCUT2D eigenvalue weighted by Crippen LogP contribution is 2.40. The van der Waals surface area contributed by atoms with Gasteiger partial charge in [0.15, 0.2) is 11.5 Å². The van der Waals surface area contributed by atoms with Gasteiger partial charge in [0.2, 0.25) is 5.91 Å². The first kappa shape index (κ1) is 21.2. The van der Waals surface area contributed by atoms with E-state index in [0.717, 1.165) is 25.1 Å². The van der Waals surface area contributed by atoms with Crippen LogP contribution in [0.2, 0.25) is 0 Å². The van der Waals surface area contributed by atoms with E-state index in [1.165, 1.54) is 16.7 Å². The van der Waals surface area contributed by atoms with E-state index in [1.807, 2.05) is 18.2 Å². The van der Waals surface area contributed by atoms with Crippen molar-refractivity contribution in [3.05, 3.63) is 59.2 Å². The Bertz CT molecular complexity index is 849. The number of amides is 1. The van der Waals surface area contributed by atoms with Crippen molar-refractivity contribution in [1.82, 2.24) is 10.2 Å². The third-order valence-electron chi connectivity index (χ3n) is 5.80. The van der Waals surface area contributed by atoms with Crippen LogP contribution in [-0.4, -0.2) is 43.7 Å². The highest BCUT2D eigenvalue weighted by molar-refractivity contribution is 5.79. The lowest BCUT2D eigenvalue weighted by molar-refractivity contribution is -0.124. The number of nitrogens with one attached hydrogen (secondary N) is 1. The van der Waals surface area contributed by atoms with Crippen LogP contribution in [0.3, 0.4) is 0 Å². The van der Waals surface area contributed by atoms with Crippen molar-refractivity contribution < 1.29 is 14.3 Å². The number of hydrogen-bond donors (Lipinski definition) is 1. The molecule has 0 aromatic heterocycles. The molecule has 0 saturated carbocycles. The number of carbonyl (C=O) groups excluding carboxylic acids is 1. The second kappa shape index (κ2) is 8.87. The van der Waals surface area contributed by atoms with E-state index < -0.39 is 0 Å². The number of methoxy groups -OCH3 is 2. The zero-order valence-corrected chi connectivity index (χ0v) is 18.1. The maximum Gasteiger partial charge on any atom is 0.234 e. The summed E-state index contributed by atoms with van der Waals surface area (Å²) >= 11 is 0. The summed E-state index contributed by atoms with van der Waals surface area (Å²) in [6.07, 6.45) is 1.75. The number of ether oxygens (including phenoxy) is 2. The topological polar surface area (TPSA) is 50.8 Å². The molecular formula is C24H32N2O3. The van der Waals surface area contributed by atoms with Crippen LogP contribution in [0.5, 0.6) is 11.5 Å². The van der Waals surface area contributed by atoms with Gasteiger partial charge >= 0.3 is 0 Å². The number of carbonyl (C=O) groups is 1. The summed E-state index contributed by atoms with van der Waals surface area (Å²) in [6, 6.07) is 14.5. The number of hydrogen-bond acceptors (Lipinski definition) is 4. The number of benzene rings is 2. The molecule has 2 aromatic carbocycles. The van der Waals surface area contributed by atoms with Crippen molar-refractivity contribution in [2.24, 2.45) is 0 Å². The summed E-state index contributed by atoms with van der Waals surface area (Å²) in [5, 5.41) is 3.16. The predicted molar refractivity (Wildman–Crippen MR) is 116 cm³/mol. The normalized spacial score (nSPS) is 16.8. The maximum absolute atomic E-state index is 12.8. The molecule has 0 radical (unpaired) electrons. The van der Waals surface area contributed by atoms with Gasteiger partial charge in [0.1, 0.15) is 0 Å². The first-order valence-electron chi connectivity index (χ1n) is 10.2. The van der Waals surface area contributed by atoms with Crippen LogP contribution >= 0.6 is 0 Å². The predicted octanol–water partition coefficient (Wildman–Crippen LogP) is 3.96. The van der Waals surface area contributed by atoms with Crippen LogP contribution in [0.4, 0.5) is 0 Å². The van der Waals surface area contributed by atoms with Crippen LogP contribution in [0.1, 0.15) is 49.9 Å². The molecule has 0 saturated heterocycles. The molecule has 1 atom stereocenters. The fourth-order valence-electron chi connectivity index (χ4n) is 3.88. The van der Waals surface area contributed by atoms with Gasteiger partial charge in [-0.2, -0.15) is 0 Å². The zero-order chi connectivity index (χ0) is 21.0. The number of fused-ring (bicyclic) bond motifs is 1. The Hall–Kier alpha value is -2.53. The Labute approximate surface area is 174 Å². The summed E-state index contributed by atoms with van der Waals surface area (Å²) in [5.74, 6) is 1.52. The van der Waals surface area contributed by atoms with Crippen molar-refractivity contribution in [3.8, 4) is 11.5 Å². The third kappa shape index (κ3) is 4.73. The van der Waals surface area contributed by atoms with E-state index in [0.29, 0.717) is 12.3 Å². The minimum atomic E-state index is -0.205. The van der Waals surface area contributed by atoms with Gasteiger partial charge in [-0.15, -0.1) is 0 Å². The second-order valence-electron chi connectivity index (χ2n) is 8.23. The molecule has 1 amide bonds. The highest BCUT2D eigenvalue weighted by Gasteiger charge is 2.32. The molecule has 0 aliphatic carbocycles. The minimum absolute atomic E-state index is 0.00440. The van der Waals surface area contributed by atoms with Crippen molar-refractivity contribution in [3.63, 3.8) is 0 Å². The van der Waals surface area contributed by atoms with Crippen LogP contribution in [-0.2, 0) is 11.2 Å². The van der Waals surface area contributed by atoms with Gasteiger partial charge < -0.3 is 14.8 Å². The van der Waals surface area contributed by atoms with Crippen LogP contribution in [0.15, 0.2) is 42.5 Å². The summed E-state index contributed by atoms with van der Waals surface area (Å²) in [4.78, 5) is 15.1. The molecule has 0 spiro atoms. The van der Waals surface area contributed by atoms with Crippen LogP contribution in [0.25, 0.3) is 0 Å². The molecular weight excluding hydrogens is 364 g/mol. The molecule has 29 heavy (non-hydrogen) atoms. The lowest BCUT2D eigenvalue weighted by Gasteiger charge is -2.38. The Morgan fingerprint density at radius 1 is 1.14 bits per heavy atom. The molecule has 2 aromatic rings. The zero-order valence-electron chi connectivity index (χ0n) is 18.1. The molecule has 1 unspecified atom stereocenters. The lowest BCUT2D eigenvalue weighted by atomic mass is 9.87. The third-order valence-corrected chi connectivity index (χ3v) is 5.80. The van der Waals surface area contributed by atoms with Gasteiger partial charge in [0.25, 0.3) is 0 Å². The Morgan fingerprint density at radius 2 is 1.79 bits per heavy atom. The maximum atomic E-state index is 12.8. The molecule has 156 valence electrons. The van der Waals surface area contributed by atoms with Gasteiger partial charge in [-0.25, -0.2) is 0 Å². The van der Waals surface area contributed by atoms with Gasteiger partial charge in [-0.05, 0) is 55.5 Å². The summed E-state index contributed by atoms with van der Waals surface area (Å²) in [7, 11) is 3.32. The lowest BCUT2D eigenvalue weighted by Crippen LogP contribution is -2.49. The highest BCUT2D eigenvalue weighted by atomic mass is 16.5. The van der Waals surface area contributed by atoms with E-state index >= 15 is 0 Å². The quantitative estimate of drug-likeness (QED) is 0.770. The molecule has 0 fully saturated rings. The SMILES string of the molecule is CCC(C)(C)NC(=O)CN1CCc2cc(OC)c(OC)cc2C1c1ccccc1. The Morgan fingerprint density at radius 3 is 2.41 bits per heavy atom. The summed E-state index contributed by atoms with van der Waals surface area (Å²) in [6.45, 7) is 7.37. The number of nitrogens with zero attached hydrogens (tertiary/aromatic N) is 1. The second-order valence-corrected chi connectivity index (χ2v) is 8.23. The van der Waals surface area contributed by atoms with E-state index in [4.69, 9.17) is 9.47 Å². The van der Waals surface area contributed by atoms with Gasteiger partial charge in [0, 0.05) is 12.1 Å². The Kier molecular flexibility index (Phi) is 6.48. The standard InChI is InChI=1S/C24H32N2O3/c1-6-24(2,3)25-22(27)16-26-13-12-18-14-20(28-4)21(29-5)15-19(18)23(26)17-10-8-7-9-11-17/h7-11,14-15,23H,6,12-13,16H2,1-5H3,(H,25,27). The van der Waals surface area contributed by atoms with Crippen molar-refractivity contribution >= 4 is 5.91 Å². The molecule has 1 heterocycles. The van der Waals surface area contributed by atoms with E-state index in [2.05, 4.69) is 55.3 Å². The van der Waals surface area contributed by atoms with Gasteiger partial charge in [-0.1, -0.05) is 37.3 Å². The molecule has 3 rings (SSSR count). The van der Waals surface area contributed by atoms with E-state index in [1.54, 1.807) is 14.2 Å².